The Kier molecular flexibility index (Phi) is 6.34. The Hall–Kier alpha value is -3.12. The summed E-state index contributed by atoms with van der Waals surface area (Å²) in [6, 6.07) is 26.0. The van der Waals surface area contributed by atoms with Gasteiger partial charge in [-0.15, -0.1) is 0 Å². The second kappa shape index (κ2) is 8.92. The van der Waals surface area contributed by atoms with Crippen molar-refractivity contribution in [3.8, 4) is 0 Å². The molecule has 0 aliphatic heterocycles. The molecule has 5 nitrogen and oxygen atoms in total. The Labute approximate surface area is 171 Å². The van der Waals surface area contributed by atoms with Crippen molar-refractivity contribution in [3.63, 3.8) is 0 Å². The molecule has 29 heavy (non-hydrogen) atoms. The zero-order valence-electron chi connectivity index (χ0n) is 16.4. The van der Waals surface area contributed by atoms with Crippen molar-refractivity contribution in [1.82, 2.24) is 5.32 Å². The van der Waals surface area contributed by atoms with E-state index in [0.717, 1.165) is 22.9 Å². The molecular weight excluding hydrogens is 384 g/mol. The molecule has 0 fully saturated rings. The van der Waals surface area contributed by atoms with E-state index in [1.165, 1.54) is 0 Å². The van der Waals surface area contributed by atoms with Gasteiger partial charge in [-0.2, -0.15) is 0 Å². The fraction of sp³-hybridized carbons (Fsp3) is 0.174. The molecule has 1 unspecified atom stereocenters. The molecule has 2 N–H and O–H groups in total. The third-order valence-corrected chi connectivity index (χ3v) is 5.18. The van der Waals surface area contributed by atoms with E-state index in [-0.39, 0.29) is 11.9 Å². The lowest BCUT2D eigenvalue weighted by molar-refractivity contribution is -0.122. The van der Waals surface area contributed by atoms with Crippen LogP contribution in [0.5, 0.6) is 0 Å². The van der Waals surface area contributed by atoms with E-state index in [9.17, 15) is 13.2 Å². The van der Waals surface area contributed by atoms with Crippen molar-refractivity contribution in [2.45, 2.75) is 18.9 Å². The van der Waals surface area contributed by atoms with Crippen LogP contribution in [0.3, 0.4) is 0 Å². The highest BCUT2D eigenvalue weighted by Crippen LogP contribution is 2.26. The molecule has 150 valence electrons. The molecule has 3 aromatic rings. The molecule has 3 aromatic carbocycles. The summed E-state index contributed by atoms with van der Waals surface area (Å²) >= 11 is 0. The zero-order valence-corrected chi connectivity index (χ0v) is 17.2. The fourth-order valence-electron chi connectivity index (χ4n) is 3.25. The zero-order chi connectivity index (χ0) is 20.9. The quantitative estimate of drug-likeness (QED) is 0.619. The number of carbonyl (C=O) groups is 1. The minimum atomic E-state index is -3.37. The number of nitrogens with one attached hydrogen (secondary N) is 2. The average molecular weight is 409 g/mol. The third kappa shape index (κ3) is 5.68. The lowest BCUT2D eigenvalue weighted by atomic mass is 9.90. The van der Waals surface area contributed by atoms with Crippen LogP contribution < -0.4 is 10.0 Å². The van der Waals surface area contributed by atoms with Gasteiger partial charge >= 0.3 is 0 Å². The lowest BCUT2D eigenvalue weighted by Gasteiger charge is -2.22. The van der Waals surface area contributed by atoms with E-state index in [1.54, 1.807) is 18.2 Å². The van der Waals surface area contributed by atoms with Crippen molar-refractivity contribution in [1.29, 1.82) is 0 Å². The van der Waals surface area contributed by atoms with Crippen LogP contribution in [0.1, 0.15) is 35.6 Å². The van der Waals surface area contributed by atoms with Crippen LogP contribution in [0.4, 0.5) is 5.69 Å². The summed E-state index contributed by atoms with van der Waals surface area (Å²) < 4.78 is 25.4. The normalized spacial score (nSPS) is 12.4. The predicted molar refractivity (Wildman–Crippen MR) is 116 cm³/mol. The lowest BCUT2D eigenvalue weighted by Crippen LogP contribution is -2.32. The number of sulfonamides is 1. The van der Waals surface area contributed by atoms with Crippen molar-refractivity contribution in [3.05, 3.63) is 102 Å². The second-order valence-electron chi connectivity index (χ2n) is 6.98. The maximum atomic E-state index is 13.2. The van der Waals surface area contributed by atoms with E-state index < -0.39 is 15.9 Å². The topological polar surface area (TPSA) is 75.3 Å². The molecule has 0 aromatic heterocycles. The number of hydrogen-bond acceptors (Lipinski definition) is 3. The van der Waals surface area contributed by atoms with E-state index in [0.29, 0.717) is 5.69 Å². The Balaban J connectivity index is 1.84. The first-order chi connectivity index (χ1) is 13.8. The van der Waals surface area contributed by atoms with Crippen molar-refractivity contribution in [2.24, 2.45) is 0 Å². The molecule has 1 atom stereocenters. The van der Waals surface area contributed by atoms with Gasteiger partial charge in [-0.1, -0.05) is 72.8 Å². The van der Waals surface area contributed by atoms with E-state index >= 15 is 0 Å². The molecular formula is C23H24N2O3S. The molecule has 0 saturated heterocycles. The van der Waals surface area contributed by atoms with Crippen LogP contribution >= 0.6 is 0 Å². The molecule has 1 amide bonds. The molecule has 3 rings (SSSR count). The number of carbonyl (C=O) groups excluding carboxylic acids is 1. The summed E-state index contributed by atoms with van der Waals surface area (Å²) in [7, 11) is -3.37. The molecule has 6 heteroatoms. The highest BCUT2D eigenvalue weighted by molar-refractivity contribution is 7.92. The van der Waals surface area contributed by atoms with Gasteiger partial charge in [-0.05, 0) is 35.7 Å². The maximum Gasteiger partial charge on any atom is 0.232 e. The smallest absolute Gasteiger partial charge is 0.232 e. The van der Waals surface area contributed by atoms with Gasteiger partial charge in [0.1, 0.15) is 0 Å². The number of rotatable bonds is 7. The summed E-state index contributed by atoms with van der Waals surface area (Å²) in [4.78, 5) is 13.2. The molecule has 0 saturated carbocycles. The van der Waals surface area contributed by atoms with Crippen LogP contribution in [0.15, 0.2) is 84.9 Å². The number of benzene rings is 3. The first-order valence-electron chi connectivity index (χ1n) is 9.31. The van der Waals surface area contributed by atoms with Gasteiger partial charge in [-0.25, -0.2) is 8.42 Å². The van der Waals surface area contributed by atoms with Gasteiger partial charge in [0.2, 0.25) is 15.9 Å². The van der Waals surface area contributed by atoms with E-state index in [1.807, 2.05) is 73.7 Å². The molecule has 0 bridgehead atoms. The predicted octanol–water partition coefficient (Wildman–Crippen LogP) is 4.07. The summed E-state index contributed by atoms with van der Waals surface area (Å²) in [5, 5.41) is 3.07. The Morgan fingerprint density at radius 1 is 0.793 bits per heavy atom. The monoisotopic (exact) mass is 408 g/mol. The summed E-state index contributed by atoms with van der Waals surface area (Å²) in [5.41, 5.74) is 3.10. The van der Waals surface area contributed by atoms with E-state index in [4.69, 9.17) is 0 Å². The number of anilines is 1. The van der Waals surface area contributed by atoms with Crippen LogP contribution in [0.2, 0.25) is 0 Å². The fourth-order valence-corrected chi connectivity index (χ4v) is 3.81. The van der Waals surface area contributed by atoms with Gasteiger partial charge in [0, 0.05) is 5.69 Å². The average Bonchev–Trinajstić information content (AvgIpc) is 2.69. The Morgan fingerprint density at radius 2 is 1.31 bits per heavy atom. The molecule has 0 aliphatic carbocycles. The van der Waals surface area contributed by atoms with Gasteiger partial charge in [-0.3, -0.25) is 9.52 Å². The van der Waals surface area contributed by atoms with Crippen LogP contribution in [0.25, 0.3) is 0 Å². The largest absolute Gasteiger partial charge is 0.349 e. The van der Waals surface area contributed by atoms with Gasteiger partial charge < -0.3 is 5.32 Å². The molecule has 0 radical (unpaired) electrons. The number of hydrogen-bond donors (Lipinski definition) is 2. The first-order valence-corrected chi connectivity index (χ1v) is 11.2. The van der Waals surface area contributed by atoms with Gasteiger partial charge in [0.25, 0.3) is 0 Å². The second-order valence-corrected chi connectivity index (χ2v) is 8.73. The van der Waals surface area contributed by atoms with Crippen molar-refractivity contribution < 1.29 is 13.2 Å². The van der Waals surface area contributed by atoms with Crippen LogP contribution in [-0.4, -0.2) is 20.6 Å². The summed E-state index contributed by atoms with van der Waals surface area (Å²) in [5.74, 6) is -0.548. The highest BCUT2D eigenvalue weighted by atomic mass is 32.2. The maximum absolute atomic E-state index is 13.2. The minimum Gasteiger partial charge on any atom is -0.349 e. The van der Waals surface area contributed by atoms with Crippen molar-refractivity contribution >= 4 is 21.6 Å². The summed E-state index contributed by atoms with van der Waals surface area (Å²) in [6.07, 6.45) is 1.11. The van der Waals surface area contributed by atoms with Gasteiger partial charge in [0.15, 0.2) is 0 Å². The minimum absolute atomic E-state index is 0.114. The highest BCUT2D eigenvalue weighted by Gasteiger charge is 2.24. The van der Waals surface area contributed by atoms with Gasteiger partial charge in [0.05, 0.1) is 18.2 Å². The molecule has 0 spiro atoms. The SMILES string of the molecule is CC(NC(=O)C(c1ccccc1)c1ccccc1)c1cccc(NS(C)(=O)=O)c1. The summed E-state index contributed by atoms with van der Waals surface area (Å²) in [6.45, 7) is 1.88. The van der Waals surface area contributed by atoms with Crippen molar-refractivity contribution in [2.75, 3.05) is 11.0 Å². The van der Waals surface area contributed by atoms with Crippen LogP contribution in [-0.2, 0) is 14.8 Å². The molecule has 0 heterocycles. The number of amides is 1. The molecule has 0 aliphatic rings. The Bertz CT molecular complexity index is 1030. The first kappa shape index (κ1) is 20.6. The third-order valence-electron chi connectivity index (χ3n) is 4.58. The standard InChI is InChI=1S/C23H24N2O3S/c1-17(20-14-9-15-21(16-20)25-29(2,27)28)24-23(26)22(18-10-5-3-6-11-18)19-12-7-4-8-13-19/h3-17,22,25H,1-2H3,(H,24,26). The van der Waals surface area contributed by atoms with Crippen LogP contribution in [0, 0.1) is 0 Å². The Morgan fingerprint density at radius 3 is 1.83 bits per heavy atom. The van der Waals surface area contributed by atoms with E-state index in [2.05, 4.69) is 10.0 Å².